The summed E-state index contributed by atoms with van der Waals surface area (Å²) in [7, 11) is 0. The molecule has 0 aromatic carbocycles. The van der Waals surface area contributed by atoms with E-state index >= 15 is 0 Å². The van der Waals surface area contributed by atoms with Crippen LogP contribution in [0.2, 0.25) is 0 Å². The number of nitrogens with zero attached hydrogens (tertiary/aromatic N) is 3. The van der Waals surface area contributed by atoms with E-state index in [1.54, 1.807) is 6.33 Å². The Balaban J connectivity index is 1.75. The molecule has 2 aromatic heterocycles. The van der Waals surface area contributed by atoms with Crippen LogP contribution in [0.3, 0.4) is 0 Å². The molecular formula is C17H24N4OS. The predicted octanol–water partition coefficient (Wildman–Crippen LogP) is 2.60. The summed E-state index contributed by atoms with van der Waals surface area (Å²) in [5.74, 6) is 3.49. The molecule has 4 heterocycles. The average Bonchev–Trinajstić information content (AvgIpc) is 3.17. The van der Waals surface area contributed by atoms with E-state index in [4.69, 9.17) is 0 Å². The highest BCUT2D eigenvalue weighted by Crippen LogP contribution is 2.47. The van der Waals surface area contributed by atoms with Crippen molar-refractivity contribution >= 4 is 28.6 Å². The summed E-state index contributed by atoms with van der Waals surface area (Å²) in [6.45, 7) is 3.37. The number of aryl methyl sites for hydroxylation is 1. The number of aliphatic hydroxyl groups excluding tert-OH is 1. The minimum Gasteiger partial charge on any atom is -0.394 e. The number of anilines is 1. The van der Waals surface area contributed by atoms with Gasteiger partial charge in [0.1, 0.15) is 17.8 Å². The van der Waals surface area contributed by atoms with Crippen molar-refractivity contribution in [2.24, 2.45) is 5.41 Å². The molecule has 2 aromatic rings. The monoisotopic (exact) mass is 332 g/mol. The SMILES string of the molecule is CCc1c[nH]c2ncnc(N3CC4(CCSCC4)CC3CO)c12. The number of rotatable bonds is 3. The smallest absolute Gasteiger partial charge is 0.143 e. The topological polar surface area (TPSA) is 65.0 Å². The Labute approximate surface area is 140 Å². The first-order valence-corrected chi connectivity index (χ1v) is 9.68. The van der Waals surface area contributed by atoms with Crippen LogP contribution in [0.4, 0.5) is 5.82 Å². The maximum atomic E-state index is 9.96. The van der Waals surface area contributed by atoms with Gasteiger partial charge in [0, 0.05) is 12.7 Å². The quantitative estimate of drug-likeness (QED) is 0.904. The van der Waals surface area contributed by atoms with E-state index in [2.05, 4.69) is 38.5 Å². The van der Waals surface area contributed by atoms with Gasteiger partial charge in [0.05, 0.1) is 18.0 Å². The number of aromatic nitrogens is 3. The van der Waals surface area contributed by atoms with Crippen LogP contribution in [0, 0.1) is 5.41 Å². The lowest BCUT2D eigenvalue weighted by Gasteiger charge is -2.33. The Morgan fingerprint density at radius 3 is 2.96 bits per heavy atom. The lowest BCUT2D eigenvalue weighted by Crippen LogP contribution is -2.34. The number of H-pyrrole nitrogens is 1. The van der Waals surface area contributed by atoms with Crippen molar-refractivity contribution < 1.29 is 5.11 Å². The van der Waals surface area contributed by atoms with Gasteiger partial charge in [0.2, 0.25) is 0 Å². The second-order valence-corrected chi connectivity index (χ2v) is 8.09. The highest BCUT2D eigenvalue weighted by Gasteiger charge is 2.45. The molecule has 1 spiro atoms. The van der Waals surface area contributed by atoms with Gasteiger partial charge in [0.15, 0.2) is 0 Å². The van der Waals surface area contributed by atoms with Crippen LogP contribution >= 0.6 is 11.8 Å². The number of hydrogen-bond acceptors (Lipinski definition) is 5. The number of aromatic amines is 1. The summed E-state index contributed by atoms with van der Waals surface area (Å²) >= 11 is 2.06. The molecule has 2 aliphatic rings. The molecule has 2 aliphatic heterocycles. The minimum absolute atomic E-state index is 0.177. The van der Waals surface area contributed by atoms with E-state index in [-0.39, 0.29) is 12.6 Å². The summed E-state index contributed by atoms with van der Waals surface area (Å²) in [5.41, 5.74) is 2.52. The van der Waals surface area contributed by atoms with Gasteiger partial charge >= 0.3 is 0 Å². The van der Waals surface area contributed by atoms with E-state index in [0.29, 0.717) is 5.41 Å². The van der Waals surface area contributed by atoms with Gasteiger partial charge in [-0.05, 0) is 48.2 Å². The fourth-order valence-electron chi connectivity index (χ4n) is 4.25. The van der Waals surface area contributed by atoms with Gasteiger partial charge < -0.3 is 15.0 Å². The molecule has 2 N–H and O–H groups in total. The molecule has 0 aliphatic carbocycles. The van der Waals surface area contributed by atoms with Crippen LogP contribution in [-0.4, -0.2) is 50.8 Å². The highest BCUT2D eigenvalue weighted by atomic mass is 32.2. The molecule has 0 amide bonds. The van der Waals surface area contributed by atoms with Gasteiger partial charge in [0.25, 0.3) is 0 Å². The second-order valence-electron chi connectivity index (χ2n) is 6.87. The third-order valence-corrected chi connectivity index (χ3v) is 6.55. The molecule has 2 saturated heterocycles. The highest BCUT2D eigenvalue weighted by molar-refractivity contribution is 7.99. The van der Waals surface area contributed by atoms with E-state index in [0.717, 1.165) is 36.2 Å². The molecule has 124 valence electrons. The van der Waals surface area contributed by atoms with Gasteiger partial charge in [-0.25, -0.2) is 9.97 Å². The molecule has 0 bridgehead atoms. The Hall–Kier alpha value is -1.27. The summed E-state index contributed by atoms with van der Waals surface area (Å²) in [6, 6.07) is 0.177. The second kappa shape index (κ2) is 5.98. The Morgan fingerprint density at radius 2 is 2.22 bits per heavy atom. The lowest BCUT2D eigenvalue weighted by atomic mass is 9.80. The maximum Gasteiger partial charge on any atom is 0.143 e. The van der Waals surface area contributed by atoms with Crippen molar-refractivity contribution in [3.63, 3.8) is 0 Å². The van der Waals surface area contributed by atoms with Gasteiger partial charge in [-0.15, -0.1) is 0 Å². The fourth-order valence-corrected chi connectivity index (χ4v) is 5.61. The third-order valence-electron chi connectivity index (χ3n) is 5.56. The van der Waals surface area contributed by atoms with E-state index in [1.165, 1.54) is 29.9 Å². The van der Waals surface area contributed by atoms with Crippen molar-refractivity contribution in [2.75, 3.05) is 29.6 Å². The van der Waals surface area contributed by atoms with E-state index in [1.807, 2.05) is 6.20 Å². The Morgan fingerprint density at radius 1 is 1.39 bits per heavy atom. The zero-order chi connectivity index (χ0) is 15.9. The summed E-state index contributed by atoms with van der Waals surface area (Å²) in [5, 5.41) is 11.1. The zero-order valence-corrected chi connectivity index (χ0v) is 14.4. The molecule has 1 unspecified atom stereocenters. The summed E-state index contributed by atoms with van der Waals surface area (Å²) in [4.78, 5) is 14.6. The van der Waals surface area contributed by atoms with Crippen molar-refractivity contribution in [2.45, 2.75) is 38.6 Å². The standard InChI is InChI=1S/C17H24N4OS/c1-2-12-8-18-15-14(12)16(20-11-19-15)21-10-17(7-13(21)9-22)3-5-23-6-4-17/h8,11,13,22H,2-7,9-10H2,1H3,(H,18,19,20). The van der Waals surface area contributed by atoms with Crippen molar-refractivity contribution in [3.05, 3.63) is 18.1 Å². The molecule has 0 saturated carbocycles. The first kappa shape index (κ1) is 15.3. The molecule has 6 heteroatoms. The number of fused-ring (bicyclic) bond motifs is 1. The largest absolute Gasteiger partial charge is 0.394 e. The zero-order valence-electron chi connectivity index (χ0n) is 13.6. The van der Waals surface area contributed by atoms with Gasteiger partial charge in [-0.1, -0.05) is 6.92 Å². The van der Waals surface area contributed by atoms with Gasteiger partial charge in [-0.2, -0.15) is 11.8 Å². The molecule has 5 nitrogen and oxygen atoms in total. The molecule has 0 radical (unpaired) electrons. The van der Waals surface area contributed by atoms with Crippen LogP contribution in [-0.2, 0) is 6.42 Å². The Bertz CT molecular complexity index is 695. The number of nitrogens with one attached hydrogen (secondary N) is 1. The molecule has 23 heavy (non-hydrogen) atoms. The van der Waals surface area contributed by atoms with Crippen molar-refractivity contribution in [1.82, 2.24) is 15.0 Å². The minimum atomic E-state index is 0.177. The van der Waals surface area contributed by atoms with E-state index < -0.39 is 0 Å². The maximum absolute atomic E-state index is 9.96. The molecule has 1 atom stereocenters. The normalized spacial score (nSPS) is 23.9. The number of thioether (sulfide) groups is 1. The van der Waals surface area contributed by atoms with Gasteiger partial charge in [-0.3, -0.25) is 0 Å². The average molecular weight is 332 g/mol. The fraction of sp³-hybridized carbons (Fsp3) is 0.647. The first-order valence-electron chi connectivity index (χ1n) is 8.52. The summed E-state index contributed by atoms with van der Waals surface area (Å²) in [6.07, 6.45) is 8.24. The molecular weight excluding hydrogens is 308 g/mol. The number of hydrogen-bond donors (Lipinski definition) is 2. The van der Waals surface area contributed by atoms with Crippen LogP contribution in [0.25, 0.3) is 11.0 Å². The predicted molar refractivity (Wildman–Crippen MR) is 95.1 cm³/mol. The van der Waals surface area contributed by atoms with Crippen LogP contribution in [0.1, 0.15) is 31.7 Å². The molecule has 4 rings (SSSR count). The Kier molecular flexibility index (Phi) is 3.97. The number of aliphatic hydroxyl groups is 1. The van der Waals surface area contributed by atoms with Crippen molar-refractivity contribution in [1.29, 1.82) is 0 Å². The summed E-state index contributed by atoms with van der Waals surface area (Å²) < 4.78 is 0. The molecule has 2 fully saturated rings. The third kappa shape index (κ3) is 2.52. The van der Waals surface area contributed by atoms with Crippen molar-refractivity contribution in [3.8, 4) is 0 Å². The first-order chi connectivity index (χ1) is 11.3. The lowest BCUT2D eigenvalue weighted by molar-refractivity contribution is 0.236. The van der Waals surface area contributed by atoms with Crippen LogP contribution < -0.4 is 4.90 Å². The van der Waals surface area contributed by atoms with Crippen LogP contribution in [0.15, 0.2) is 12.5 Å². The van der Waals surface area contributed by atoms with Crippen LogP contribution in [0.5, 0.6) is 0 Å². The van der Waals surface area contributed by atoms with E-state index in [9.17, 15) is 5.11 Å².